The lowest BCUT2D eigenvalue weighted by Gasteiger charge is -2.13. The van der Waals surface area contributed by atoms with Gasteiger partial charge in [-0.05, 0) is 63.1 Å². The number of rotatable bonds is 7. The van der Waals surface area contributed by atoms with E-state index in [1.165, 1.54) is 30.3 Å². The highest BCUT2D eigenvalue weighted by atomic mass is 32.2. The number of nitrogens with zero attached hydrogens (tertiary/aromatic N) is 1. The van der Waals surface area contributed by atoms with E-state index in [1.54, 1.807) is 27.7 Å². The molecule has 0 heterocycles. The number of nitro benzene ring substituents is 1. The van der Waals surface area contributed by atoms with Gasteiger partial charge in [0, 0.05) is 23.9 Å². The van der Waals surface area contributed by atoms with Gasteiger partial charge < -0.3 is 0 Å². The van der Waals surface area contributed by atoms with E-state index in [2.05, 4.69) is 9.44 Å². The van der Waals surface area contributed by atoms with Crippen molar-refractivity contribution in [2.24, 2.45) is 0 Å². The highest BCUT2D eigenvalue weighted by Gasteiger charge is 2.23. The first kappa shape index (κ1) is 21.8. The molecule has 2 N–H and O–H groups in total. The monoisotopic (exact) mass is 427 g/mol. The second kappa shape index (κ2) is 7.86. The fourth-order valence-electron chi connectivity index (χ4n) is 2.48. The van der Waals surface area contributed by atoms with Crippen LogP contribution in [-0.4, -0.2) is 27.8 Å². The van der Waals surface area contributed by atoms with Crippen molar-refractivity contribution in [1.82, 2.24) is 4.72 Å². The molecular weight excluding hydrogens is 406 g/mol. The quantitative estimate of drug-likeness (QED) is 0.515. The molecular formula is C17H21N3O6S2. The highest BCUT2D eigenvalue weighted by molar-refractivity contribution is 7.92. The third kappa shape index (κ3) is 4.86. The zero-order valence-electron chi connectivity index (χ0n) is 15.8. The summed E-state index contributed by atoms with van der Waals surface area (Å²) < 4.78 is 54.4. The van der Waals surface area contributed by atoms with Crippen LogP contribution in [0.1, 0.15) is 25.0 Å². The molecule has 2 aromatic rings. The lowest BCUT2D eigenvalue weighted by atomic mass is 10.1. The molecule has 2 rings (SSSR count). The van der Waals surface area contributed by atoms with E-state index in [0.29, 0.717) is 11.1 Å². The Labute approximate surface area is 164 Å². The van der Waals surface area contributed by atoms with Gasteiger partial charge in [-0.15, -0.1) is 0 Å². The molecule has 0 bridgehead atoms. The molecule has 0 fully saturated rings. The third-order valence-electron chi connectivity index (χ3n) is 3.91. The van der Waals surface area contributed by atoms with Gasteiger partial charge in [0.25, 0.3) is 15.7 Å². The fraction of sp³-hybridized carbons (Fsp3) is 0.294. The summed E-state index contributed by atoms with van der Waals surface area (Å²) in [5, 5.41) is 11.0. The van der Waals surface area contributed by atoms with Crippen LogP contribution >= 0.6 is 0 Å². The summed E-state index contributed by atoms with van der Waals surface area (Å²) in [6, 6.07) is 7.18. The average Bonchev–Trinajstić information content (AvgIpc) is 2.55. The summed E-state index contributed by atoms with van der Waals surface area (Å²) in [4.78, 5) is 10.2. The van der Waals surface area contributed by atoms with Gasteiger partial charge in [-0.2, -0.15) is 0 Å². The smallest absolute Gasteiger partial charge is 0.271 e. The lowest BCUT2D eigenvalue weighted by Crippen LogP contribution is -2.30. The molecule has 0 unspecified atom stereocenters. The molecule has 28 heavy (non-hydrogen) atoms. The molecule has 0 aliphatic rings. The summed E-state index contributed by atoms with van der Waals surface area (Å²) >= 11 is 0. The molecule has 0 saturated heterocycles. The van der Waals surface area contributed by atoms with Gasteiger partial charge in [0.15, 0.2) is 0 Å². The van der Waals surface area contributed by atoms with Gasteiger partial charge in [0.2, 0.25) is 10.0 Å². The maximum atomic E-state index is 12.7. The number of non-ortho nitro benzene ring substituents is 1. The van der Waals surface area contributed by atoms with Crippen molar-refractivity contribution < 1.29 is 21.8 Å². The largest absolute Gasteiger partial charge is 0.280 e. The van der Waals surface area contributed by atoms with Gasteiger partial charge >= 0.3 is 0 Å². The Kier molecular flexibility index (Phi) is 6.12. The Morgan fingerprint density at radius 2 is 1.54 bits per heavy atom. The van der Waals surface area contributed by atoms with Crippen LogP contribution in [0.5, 0.6) is 0 Å². The van der Waals surface area contributed by atoms with Crippen LogP contribution in [0, 0.1) is 24.0 Å². The van der Waals surface area contributed by atoms with E-state index in [9.17, 15) is 26.9 Å². The van der Waals surface area contributed by atoms with Gasteiger partial charge in [0.1, 0.15) is 0 Å². The Morgan fingerprint density at radius 1 is 0.964 bits per heavy atom. The van der Waals surface area contributed by atoms with Crippen molar-refractivity contribution in [2.45, 2.75) is 43.5 Å². The van der Waals surface area contributed by atoms with Gasteiger partial charge in [-0.1, -0.05) is 0 Å². The van der Waals surface area contributed by atoms with Crippen molar-refractivity contribution >= 4 is 31.4 Å². The molecule has 0 aliphatic carbocycles. The lowest BCUT2D eigenvalue weighted by molar-refractivity contribution is -0.385. The van der Waals surface area contributed by atoms with Crippen LogP contribution in [-0.2, 0) is 20.0 Å². The van der Waals surface area contributed by atoms with E-state index < -0.39 is 25.0 Å². The number of nitro groups is 1. The SMILES string of the molecule is Cc1cc([N+](=O)[O-])cc(S(=O)(=O)Nc2ccc(S(=O)(=O)NC(C)C)cc2)c1C. The van der Waals surface area contributed by atoms with Crippen LogP contribution in [0.25, 0.3) is 0 Å². The second-order valence-electron chi connectivity index (χ2n) is 6.55. The number of anilines is 1. The summed E-state index contributed by atoms with van der Waals surface area (Å²) in [6.45, 7) is 6.51. The highest BCUT2D eigenvalue weighted by Crippen LogP contribution is 2.27. The molecule has 9 nitrogen and oxygen atoms in total. The van der Waals surface area contributed by atoms with Crippen molar-refractivity contribution in [3.8, 4) is 0 Å². The zero-order chi connectivity index (χ0) is 21.3. The predicted molar refractivity (Wildman–Crippen MR) is 105 cm³/mol. The number of benzene rings is 2. The molecule has 11 heteroatoms. The van der Waals surface area contributed by atoms with E-state index in [1.807, 2.05) is 0 Å². The number of nitrogens with one attached hydrogen (secondary N) is 2. The number of hydrogen-bond acceptors (Lipinski definition) is 6. The van der Waals surface area contributed by atoms with Crippen LogP contribution in [0.3, 0.4) is 0 Å². The van der Waals surface area contributed by atoms with E-state index in [0.717, 1.165) is 6.07 Å². The summed E-state index contributed by atoms with van der Waals surface area (Å²) in [5.74, 6) is 0. The summed E-state index contributed by atoms with van der Waals surface area (Å²) in [5.41, 5.74) is 0.658. The van der Waals surface area contributed by atoms with Crippen LogP contribution in [0.4, 0.5) is 11.4 Å². The summed E-state index contributed by atoms with van der Waals surface area (Å²) in [7, 11) is -7.81. The number of sulfonamides is 2. The standard InChI is InChI=1S/C17H21N3O6S2/c1-11(2)18-27(23,24)16-7-5-14(6-8-16)19-28(25,26)17-10-15(20(21)22)9-12(3)13(17)4/h5-11,18-19H,1-4H3. The first-order valence-electron chi connectivity index (χ1n) is 8.24. The minimum Gasteiger partial charge on any atom is -0.280 e. The maximum absolute atomic E-state index is 12.7. The van der Waals surface area contributed by atoms with E-state index in [4.69, 9.17) is 0 Å². The van der Waals surface area contributed by atoms with Gasteiger partial charge in [-0.3, -0.25) is 14.8 Å². The van der Waals surface area contributed by atoms with Crippen molar-refractivity contribution in [1.29, 1.82) is 0 Å². The van der Waals surface area contributed by atoms with E-state index in [-0.39, 0.29) is 27.2 Å². The second-order valence-corrected chi connectivity index (χ2v) is 9.91. The maximum Gasteiger partial charge on any atom is 0.271 e. The van der Waals surface area contributed by atoms with Crippen LogP contribution in [0.2, 0.25) is 0 Å². The fourth-order valence-corrected chi connectivity index (χ4v) is 5.13. The Morgan fingerprint density at radius 3 is 2.04 bits per heavy atom. The van der Waals surface area contributed by atoms with Crippen LogP contribution in [0.15, 0.2) is 46.2 Å². The van der Waals surface area contributed by atoms with Crippen molar-refractivity contribution in [3.05, 3.63) is 57.6 Å². The molecule has 0 atom stereocenters. The third-order valence-corrected chi connectivity index (χ3v) is 7.09. The molecule has 2 aromatic carbocycles. The number of hydrogen-bond donors (Lipinski definition) is 2. The Hall–Kier alpha value is -2.50. The molecule has 152 valence electrons. The minimum atomic E-state index is -4.11. The van der Waals surface area contributed by atoms with E-state index >= 15 is 0 Å². The first-order chi connectivity index (χ1) is 12.8. The first-order valence-corrected chi connectivity index (χ1v) is 11.2. The molecule has 0 saturated carbocycles. The van der Waals surface area contributed by atoms with Crippen molar-refractivity contribution in [2.75, 3.05) is 4.72 Å². The van der Waals surface area contributed by atoms with Crippen molar-refractivity contribution in [3.63, 3.8) is 0 Å². The molecule has 0 aromatic heterocycles. The average molecular weight is 428 g/mol. The minimum absolute atomic E-state index is 0.00785. The van der Waals surface area contributed by atoms with Crippen LogP contribution < -0.4 is 9.44 Å². The normalized spacial score (nSPS) is 12.2. The van der Waals surface area contributed by atoms with Gasteiger partial charge in [0.05, 0.1) is 14.7 Å². The molecule has 0 spiro atoms. The predicted octanol–water partition coefficient (Wildman–Crippen LogP) is 2.70. The number of aryl methyl sites for hydroxylation is 1. The summed E-state index contributed by atoms with van der Waals surface area (Å²) in [6.07, 6.45) is 0. The Bertz CT molecular complexity index is 1110. The zero-order valence-corrected chi connectivity index (χ0v) is 17.4. The topological polar surface area (TPSA) is 135 Å². The van der Waals surface area contributed by atoms with Gasteiger partial charge in [-0.25, -0.2) is 21.6 Å². The molecule has 0 amide bonds. The molecule has 0 aliphatic heterocycles. The molecule has 0 radical (unpaired) electrons. The Balaban J connectivity index is 2.37.